The van der Waals surface area contributed by atoms with E-state index >= 15 is 0 Å². The van der Waals surface area contributed by atoms with Crippen LogP contribution in [0, 0.1) is 11.7 Å². The van der Waals surface area contributed by atoms with Crippen molar-refractivity contribution >= 4 is 31.9 Å². The number of halogens is 2. The Labute approximate surface area is 131 Å². The van der Waals surface area contributed by atoms with Crippen LogP contribution in [0.3, 0.4) is 0 Å². The molecule has 0 fully saturated rings. The maximum absolute atomic E-state index is 13.0. The second-order valence-electron chi connectivity index (χ2n) is 4.80. The van der Waals surface area contributed by atoms with Crippen LogP contribution < -0.4 is 4.72 Å². The van der Waals surface area contributed by atoms with Crippen LogP contribution in [0.15, 0.2) is 27.6 Å². The fourth-order valence-electron chi connectivity index (χ4n) is 1.72. The van der Waals surface area contributed by atoms with Gasteiger partial charge in [-0.05, 0) is 52.9 Å². The quantitative estimate of drug-likeness (QED) is 0.724. The zero-order valence-electron chi connectivity index (χ0n) is 11.5. The van der Waals surface area contributed by atoms with Gasteiger partial charge in [0, 0.05) is 17.4 Å². The highest BCUT2D eigenvalue weighted by molar-refractivity contribution is 9.10. The highest BCUT2D eigenvalue weighted by Gasteiger charge is 2.18. The lowest BCUT2D eigenvalue weighted by molar-refractivity contribution is -0.137. The molecule has 5 nitrogen and oxygen atoms in total. The minimum Gasteiger partial charge on any atom is -0.481 e. The predicted molar refractivity (Wildman–Crippen MR) is 79.9 cm³/mol. The molecule has 0 heterocycles. The molecule has 0 amide bonds. The third-order valence-electron chi connectivity index (χ3n) is 2.96. The van der Waals surface area contributed by atoms with E-state index < -0.39 is 21.8 Å². The third-order valence-corrected chi connectivity index (χ3v) is 5.40. The topological polar surface area (TPSA) is 83.5 Å². The lowest BCUT2D eigenvalue weighted by atomic mass is 10.0. The first-order valence-corrected chi connectivity index (χ1v) is 8.66. The number of benzene rings is 1. The van der Waals surface area contributed by atoms with Crippen molar-refractivity contribution in [3.8, 4) is 0 Å². The van der Waals surface area contributed by atoms with Crippen LogP contribution in [-0.4, -0.2) is 26.0 Å². The molecule has 0 aliphatic rings. The van der Waals surface area contributed by atoms with Gasteiger partial charge >= 0.3 is 5.97 Å². The minimum atomic E-state index is -3.71. The predicted octanol–water partition coefficient (Wildman–Crippen LogP) is 2.76. The first-order chi connectivity index (χ1) is 9.72. The molecule has 0 aliphatic heterocycles. The molecular formula is C13H17BrFNO4S. The molecule has 0 saturated heterocycles. The highest BCUT2D eigenvalue weighted by Crippen LogP contribution is 2.22. The van der Waals surface area contributed by atoms with E-state index in [1.165, 1.54) is 6.07 Å². The zero-order chi connectivity index (χ0) is 16.0. The largest absolute Gasteiger partial charge is 0.481 e. The number of aliphatic carboxylic acids is 1. The van der Waals surface area contributed by atoms with Crippen molar-refractivity contribution in [1.82, 2.24) is 4.72 Å². The molecule has 1 rings (SSSR count). The van der Waals surface area contributed by atoms with Gasteiger partial charge in [0.15, 0.2) is 0 Å². The maximum atomic E-state index is 13.0. The van der Waals surface area contributed by atoms with E-state index in [0.717, 1.165) is 12.1 Å². The van der Waals surface area contributed by atoms with Crippen molar-refractivity contribution < 1.29 is 22.7 Å². The first kappa shape index (κ1) is 18.1. The average molecular weight is 382 g/mol. The van der Waals surface area contributed by atoms with E-state index in [4.69, 9.17) is 5.11 Å². The Bertz CT molecular complexity index is 606. The highest BCUT2D eigenvalue weighted by atomic mass is 79.9. The molecule has 0 aliphatic carbocycles. The lowest BCUT2D eigenvalue weighted by Crippen LogP contribution is -2.26. The van der Waals surface area contributed by atoms with Gasteiger partial charge in [-0.15, -0.1) is 0 Å². The number of hydrogen-bond donors (Lipinski definition) is 2. The molecule has 1 aromatic carbocycles. The molecule has 8 heteroatoms. The van der Waals surface area contributed by atoms with Gasteiger partial charge in [-0.25, -0.2) is 17.5 Å². The summed E-state index contributed by atoms with van der Waals surface area (Å²) in [7, 11) is -3.71. The van der Waals surface area contributed by atoms with E-state index in [9.17, 15) is 17.6 Å². The second kappa shape index (κ2) is 7.86. The molecule has 0 bridgehead atoms. The fraction of sp³-hybridized carbons (Fsp3) is 0.462. The Morgan fingerprint density at radius 1 is 1.43 bits per heavy atom. The van der Waals surface area contributed by atoms with E-state index in [1.807, 2.05) is 6.92 Å². The van der Waals surface area contributed by atoms with Crippen molar-refractivity contribution in [3.63, 3.8) is 0 Å². The summed E-state index contributed by atoms with van der Waals surface area (Å²) in [6, 6.07) is 3.36. The Morgan fingerprint density at radius 3 is 2.67 bits per heavy atom. The molecule has 1 aromatic rings. The van der Waals surface area contributed by atoms with Crippen LogP contribution in [0.4, 0.5) is 4.39 Å². The van der Waals surface area contributed by atoms with Gasteiger partial charge in [-0.3, -0.25) is 4.79 Å². The molecule has 1 unspecified atom stereocenters. The standard InChI is InChI=1S/C13H17BrFNO4S/c1-9(2-5-13(17)18)6-7-16-21(19,20)12-4-3-10(15)8-11(12)14/h3-4,8-9,16H,2,5-7H2,1H3,(H,17,18). The zero-order valence-corrected chi connectivity index (χ0v) is 13.9. The van der Waals surface area contributed by atoms with E-state index in [2.05, 4.69) is 20.7 Å². The summed E-state index contributed by atoms with van der Waals surface area (Å²) in [6.45, 7) is 2.07. The number of sulfonamides is 1. The SMILES string of the molecule is CC(CCNS(=O)(=O)c1ccc(F)cc1Br)CCC(=O)O. The van der Waals surface area contributed by atoms with Gasteiger partial charge in [-0.2, -0.15) is 0 Å². The van der Waals surface area contributed by atoms with Gasteiger partial charge < -0.3 is 5.11 Å². The summed E-state index contributed by atoms with van der Waals surface area (Å²) in [5, 5.41) is 8.57. The summed E-state index contributed by atoms with van der Waals surface area (Å²) in [5.74, 6) is -1.29. The number of rotatable bonds is 8. The molecule has 118 valence electrons. The Balaban J connectivity index is 2.55. The summed E-state index contributed by atoms with van der Waals surface area (Å²) >= 11 is 3.02. The Hall–Kier alpha value is -0.990. The smallest absolute Gasteiger partial charge is 0.303 e. The van der Waals surface area contributed by atoms with Crippen LogP contribution in [0.1, 0.15) is 26.2 Å². The number of nitrogens with one attached hydrogen (secondary N) is 1. The number of carboxylic acids is 1. The summed E-state index contributed by atoms with van der Waals surface area (Å²) in [4.78, 5) is 10.4. The number of carbonyl (C=O) groups is 1. The normalized spacial score (nSPS) is 13.1. The van der Waals surface area contributed by atoms with E-state index in [0.29, 0.717) is 12.8 Å². The van der Waals surface area contributed by atoms with Gasteiger partial charge in [0.25, 0.3) is 0 Å². The lowest BCUT2D eigenvalue weighted by Gasteiger charge is -2.12. The van der Waals surface area contributed by atoms with Crippen molar-refractivity contribution in [3.05, 3.63) is 28.5 Å². The van der Waals surface area contributed by atoms with Gasteiger partial charge in [-0.1, -0.05) is 6.92 Å². The van der Waals surface area contributed by atoms with Crippen LogP contribution in [0.2, 0.25) is 0 Å². The van der Waals surface area contributed by atoms with E-state index in [1.54, 1.807) is 0 Å². The number of hydrogen-bond acceptors (Lipinski definition) is 3. The third kappa shape index (κ3) is 6.11. The first-order valence-electron chi connectivity index (χ1n) is 6.39. The molecule has 0 spiro atoms. The van der Waals surface area contributed by atoms with Crippen LogP contribution in [0.5, 0.6) is 0 Å². The molecule has 0 aromatic heterocycles. The summed E-state index contributed by atoms with van der Waals surface area (Å²) in [5.41, 5.74) is 0. The Kier molecular flexibility index (Phi) is 6.76. The monoisotopic (exact) mass is 381 g/mol. The van der Waals surface area contributed by atoms with E-state index in [-0.39, 0.29) is 28.3 Å². The molecule has 0 radical (unpaired) electrons. The van der Waals surface area contributed by atoms with Crippen LogP contribution in [-0.2, 0) is 14.8 Å². The molecule has 2 N–H and O–H groups in total. The molecule has 0 saturated carbocycles. The van der Waals surface area contributed by atoms with Crippen molar-refractivity contribution in [1.29, 1.82) is 0 Å². The molecule has 1 atom stereocenters. The summed E-state index contributed by atoms with van der Waals surface area (Å²) < 4.78 is 39.6. The van der Waals surface area contributed by atoms with Crippen LogP contribution in [0.25, 0.3) is 0 Å². The molecular weight excluding hydrogens is 365 g/mol. The number of carboxylic acid groups (broad SMARTS) is 1. The second-order valence-corrected chi connectivity index (χ2v) is 7.39. The van der Waals surface area contributed by atoms with Gasteiger partial charge in [0.1, 0.15) is 5.82 Å². The minimum absolute atomic E-state index is 0.0258. The summed E-state index contributed by atoms with van der Waals surface area (Å²) in [6.07, 6.45) is 1.10. The maximum Gasteiger partial charge on any atom is 0.303 e. The van der Waals surface area contributed by atoms with Crippen molar-refractivity contribution in [2.75, 3.05) is 6.54 Å². The molecule has 21 heavy (non-hydrogen) atoms. The fourth-order valence-corrected chi connectivity index (χ4v) is 3.82. The average Bonchev–Trinajstić information content (AvgIpc) is 2.35. The van der Waals surface area contributed by atoms with Crippen molar-refractivity contribution in [2.45, 2.75) is 31.1 Å². The van der Waals surface area contributed by atoms with Crippen LogP contribution >= 0.6 is 15.9 Å². The van der Waals surface area contributed by atoms with Gasteiger partial charge in [0.2, 0.25) is 10.0 Å². The Morgan fingerprint density at radius 2 is 2.10 bits per heavy atom. The van der Waals surface area contributed by atoms with Gasteiger partial charge in [0.05, 0.1) is 4.90 Å². The van der Waals surface area contributed by atoms with Crippen molar-refractivity contribution in [2.24, 2.45) is 5.92 Å².